The van der Waals surface area contributed by atoms with Gasteiger partial charge in [-0.25, -0.2) is 0 Å². The van der Waals surface area contributed by atoms with Gasteiger partial charge in [0.15, 0.2) is 0 Å². The Hall–Kier alpha value is -3.02. The molecule has 2 aromatic carbocycles. The number of anilines is 3. The summed E-state index contributed by atoms with van der Waals surface area (Å²) in [5.41, 5.74) is 2.91. The van der Waals surface area contributed by atoms with Crippen molar-refractivity contribution < 1.29 is 9.59 Å². The van der Waals surface area contributed by atoms with Crippen molar-refractivity contribution in [1.82, 2.24) is 10.2 Å². The van der Waals surface area contributed by atoms with Gasteiger partial charge in [-0.2, -0.15) is 0 Å². The van der Waals surface area contributed by atoms with E-state index in [-0.39, 0.29) is 24.9 Å². The molecule has 3 rings (SSSR count). The lowest BCUT2D eigenvalue weighted by atomic mass is 10.2. The molecule has 0 aromatic heterocycles. The number of benzene rings is 2. The van der Waals surface area contributed by atoms with Gasteiger partial charge in [0.2, 0.25) is 11.8 Å². The zero-order valence-corrected chi connectivity index (χ0v) is 15.8. The number of hydrogen-bond acceptors (Lipinski definition) is 4. The Labute approximate surface area is 160 Å². The highest BCUT2D eigenvalue weighted by Gasteiger charge is 2.24. The Bertz CT molecular complexity index is 790. The van der Waals surface area contributed by atoms with Gasteiger partial charge in [0, 0.05) is 25.8 Å². The summed E-state index contributed by atoms with van der Waals surface area (Å²) in [5, 5.41) is 6.10. The van der Waals surface area contributed by atoms with Crippen molar-refractivity contribution >= 4 is 28.9 Å². The molecule has 0 aliphatic heterocycles. The molecule has 0 spiro atoms. The molecule has 0 heterocycles. The zero-order chi connectivity index (χ0) is 19.2. The van der Waals surface area contributed by atoms with Crippen LogP contribution in [0, 0.1) is 0 Å². The number of nitrogens with one attached hydrogen (secondary N) is 2. The van der Waals surface area contributed by atoms with Gasteiger partial charge in [0.05, 0.1) is 24.5 Å². The highest BCUT2D eigenvalue weighted by Crippen LogP contribution is 2.30. The number of para-hydroxylation sites is 3. The Morgan fingerprint density at radius 3 is 2.37 bits per heavy atom. The smallest absolute Gasteiger partial charge is 0.242 e. The highest BCUT2D eigenvalue weighted by atomic mass is 16.2. The van der Waals surface area contributed by atoms with Crippen LogP contribution in [-0.4, -0.2) is 49.9 Å². The van der Waals surface area contributed by atoms with E-state index in [0.717, 1.165) is 29.9 Å². The van der Waals surface area contributed by atoms with Crippen molar-refractivity contribution in [2.45, 2.75) is 18.9 Å². The van der Waals surface area contributed by atoms with Crippen LogP contribution in [-0.2, 0) is 9.59 Å². The first kappa shape index (κ1) is 18.8. The minimum atomic E-state index is -0.127. The summed E-state index contributed by atoms with van der Waals surface area (Å²) >= 11 is 0. The molecule has 6 nitrogen and oxygen atoms in total. The average Bonchev–Trinajstić information content (AvgIpc) is 3.50. The third kappa shape index (κ3) is 5.23. The summed E-state index contributed by atoms with van der Waals surface area (Å²) in [5.74, 6) is -0.226. The van der Waals surface area contributed by atoms with Crippen LogP contribution in [0.4, 0.5) is 17.1 Å². The van der Waals surface area contributed by atoms with Crippen LogP contribution in [0.15, 0.2) is 54.6 Å². The van der Waals surface area contributed by atoms with Crippen LogP contribution >= 0.6 is 0 Å². The quantitative estimate of drug-likeness (QED) is 0.754. The van der Waals surface area contributed by atoms with Gasteiger partial charge in [-0.3, -0.25) is 9.59 Å². The number of likely N-dealkylation sites (N-methyl/N-ethyl adjacent to an activating group) is 1. The van der Waals surface area contributed by atoms with E-state index in [9.17, 15) is 9.59 Å². The number of carbonyl (C=O) groups is 2. The predicted octanol–water partition coefficient (Wildman–Crippen LogP) is 2.60. The van der Waals surface area contributed by atoms with E-state index >= 15 is 0 Å². The first-order valence-electron chi connectivity index (χ1n) is 9.19. The summed E-state index contributed by atoms with van der Waals surface area (Å²) in [4.78, 5) is 27.7. The van der Waals surface area contributed by atoms with Crippen LogP contribution in [0.5, 0.6) is 0 Å². The maximum Gasteiger partial charge on any atom is 0.242 e. The lowest BCUT2D eigenvalue weighted by molar-refractivity contribution is -0.133. The van der Waals surface area contributed by atoms with Crippen molar-refractivity contribution in [2.24, 2.45) is 0 Å². The molecule has 27 heavy (non-hydrogen) atoms. The van der Waals surface area contributed by atoms with Crippen molar-refractivity contribution in [3.63, 3.8) is 0 Å². The molecule has 0 radical (unpaired) electrons. The second-order valence-corrected chi connectivity index (χ2v) is 6.86. The maximum absolute atomic E-state index is 12.4. The van der Waals surface area contributed by atoms with Crippen molar-refractivity contribution in [3.05, 3.63) is 54.6 Å². The molecule has 1 saturated carbocycles. The van der Waals surface area contributed by atoms with Crippen molar-refractivity contribution in [2.75, 3.05) is 37.4 Å². The molecule has 0 bridgehead atoms. The summed E-state index contributed by atoms with van der Waals surface area (Å²) in [7, 11) is 3.64. The third-order valence-corrected chi connectivity index (χ3v) is 4.59. The normalized spacial score (nSPS) is 13.0. The van der Waals surface area contributed by atoms with Gasteiger partial charge >= 0.3 is 0 Å². The molecule has 6 heteroatoms. The fourth-order valence-electron chi connectivity index (χ4n) is 2.82. The number of carbonyl (C=O) groups excluding carboxylic acids is 2. The van der Waals surface area contributed by atoms with Crippen LogP contribution in [0.25, 0.3) is 0 Å². The summed E-state index contributed by atoms with van der Waals surface area (Å²) in [6.07, 6.45) is 2.08. The number of rotatable bonds is 8. The van der Waals surface area contributed by atoms with Crippen LogP contribution in [0.3, 0.4) is 0 Å². The molecule has 0 unspecified atom stereocenters. The molecule has 0 atom stereocenters. The van der Waals surface area contributed by atoms with E-state index in [1.54, 1.807) is 7.05 Å². The molecule has 2 N–H and O–H groups in total. The first-order chi connectivity index (χ1) is 13.0. The van der Waals surface area contributed by atoms with Gasteiger partial charge in [-0.05, 0) is 37.1 Å². The molecule has 1 fully saturated rings. The number of nitrogens with zero attached hydrogens (tertiary/aromatic N) is 2. The summed E-state index contributed by atoms with van der Waals surface area (Å²) < 4.78 is 0. The van der Waals surface area contributed by atoms with Gasteiger partial charge in [0.25, 0.3) is 0 Å². The van der Waals surface area contributed by atoms with E-state index in [1.165, 1.54) is 4.90 Å². The number of hydrogen-bond donors (Lipinski definition) is 2. The molecular formula is C21H26N4O2. The second-order valence-electron chi connectivity index (χ2n) is 6.86. The average molecular weight is 366 g/mol. The van der Waals surface area contributed by atoms with E-state index < -0.39 is 0 Å². The largest absolute Gasteiger partial charge is 0.374 e. The van der Waals surface area contributed by atoms with E-state index in [4.69, 9.17) is 0 Å². The van der Waals surface area contributed by atoms with Gasteiger partial charge < -0.3 is 20.4 Å². The number of amides is 2. The third-order valence-electron chi connectivity index (χ3n) is 4.59. The topological polar surface area (TPSA) is 64.7 Å². The fraction of sp³-hybridized carbons (Fsp3) is 0.333. The second kappa shape index (κ2) is 8.58. The SMILES string of the molecule is CN(CC(=O)NC1CC1)C(=O)CNc1ccccc1N(C)c1ccccc1. The van der Waals surface area contributed by atoms with Gasteiger partial charge in [-0.15, -0.1) is 0 Å². The minimum Gasteiger partial charge on any atom is -0.374 e. The first-order valence-corrected chi connectivity index (χ1v) is 9.19. The Morgan fingerprint density at radius 2 is 1.67 bits per heavy atom. The lowest BCUT2D eigenvalue weighted by Gasteiger charge is -2.24. The molecule has 2 aromatic rings. The Balaban J connectivity index is 1.59. The predicted molar refractivity (Wildman–Crippen MR) is 108 cm³/mol. The molecule has 142 valence electrons. The van der Waals surface area contributed by atoms with Crippen LogP contribution in [0.1, 0.15) is 12.8 Å². The van der Waals surface area contributed by atoms with E-state index in [1.807, 2.05) is 61.6 Å². The zero-order valence-electron chi connectivity index (χ0n) is 15.8. The van der Waals surface area contributed by atoms with E-state index in [2.05, 4.69) is 15.5 Å². The summed E-state index contributed by atoms with van der Waals surface area (Å²) in [6.45, 7) is 0.218. The monoisotopic (exact) mass is 366 g/mol. The maximum atomic E-state index is 12.4. The molecule has 1 aliphatic rings. The molecule has 0 saturated heterocycles. The lowest BCUT2D eigenvalue weighted by Crippen LogP contribution is -2.41. The van der Waals surface area contributed by atoms with Crippen molar-refractivity contribution in [3.8, 4) is 0 Å². The molecular weight excluding hydrogens is 340 g/mol. The van der Waals surface area contributed by atoms with Crippen molar-refractivity contribution in [1.29, 1.82) is 0 Å². The minimum absolute atomic E-state index is 0.0859. The standard InChI is InChI=1S/C21H26N4O2/c1-24(15-20(26)23-16-12-13-16)21(27)14-22-18-10-6-7-11-19(18)25(2)17-8-4-3-5-9-17/h3-11,16,22H,12-15H2,1-2H3,(H,23,26). The fourth-order valence-corrected chi connectivity index (χ4v) is 2.82. The summed E-state index contributed by atoms with van der Waals surface area (Å²) in [6, 6.07) is 18.2. The highest BCUT2D eigenvalue weighted by molar-refractivity contribution is 5.88. The van der Waals surface area contributed by atoms with Crippen LogP contribution in [0.2, 0.25) is 0 Å². The van der Waals surface area contributed by atoms with E-state index in [0.29, 0.717) is 6.04 Å². The van der Waals surface area contributed by atoms with Crippen LogP contribution < -0.4 is 15.5 Å². The molecule has 1 aliphatic carbocycles. The Kier molecular flexibility index (Phi) is 5.96. The van der Waals surface area contributed by atoms with Gasteiger partial charge in [-0.1, -0.05) is 30.3 Å². The Morgan fingerprint density at radius 1 is 1.00 bits per heavy atom. The molecule has 2 amide bonds. The van der Waals surface area contributed by atoms with Gasteiger partial charge in [0.1, 0.15) is 0 Å².